The van der Waals surface area contributed by atoms with Crippen LogP contribution in [0, 0.1) is 11.8 Å². The van der Waals surface area contributed by atoms with E-state index in [0.29, 0.717) is 11.8 Å². The van der Waals surface area contributed by atoms with Gasteiger partial charge >= 0.3 is 0 Å². The number of allylic oxidation sites excluding steroid dienone is 2. The van der Waals surface area contributed by atoms with Gasteiger partial charge in [-0.3, -0.25) is 4.99 Å². The molecule has 0 aromatic rings. The number of nitrogens with zero attached hydrogens (tertiary/aromatic N) is 1. The topological polar surface area (TPSA) is 12.4 Å². The molecule has 0 aromatic heterocycles. The van der Waals surface area contributed by atoms with Crippen LogP contribution < -0.4 is 0 Å². The molecule has 0 rings (SSSR count). The maximum absolute atomic E-state index is 4.47. The van der Waals surface area contributed by atoms with Gasteiger partial charge in [0.2, 0.25) is 0 Å². The lowest BCUT2D eigenvalue weighted by atomic mass is 9.94. The SMILES string of the molecule is C/C=N\C(=C(/CC)C(C)C)C(C)C. The van der Waals surface area contributed by atoms with Crippen molar-refractivity contribution in [1.82, 2.24) is 0 Å². The highest BCUT2D eigenvalue weighted by molar-refractivity contribution is 5.55. The van der Waals surface area contributed by atoms with Crippen molar-refractivity contribution in [3.05, 3.63) is 11.3 Å². The molecule has 0 spiro atoms. The largest absolute Gasteiger partial charge is 0.266 e. The average molecular weight is 181 g/mol. The van der Waals surface area contributed by atoms with Crippen molar-refractivity contribution in [3.63, 3.8) is 0 Å². The van der Waals surface area contributed by atoms with Crippen molar-refractivity contribution < 1.29 is 0 Å². The van der Waals surface area contributed by atoms with E-state index in [0.717, 1.165) is 6.42 Å². The summed E-state index contributed by atoms with van der Waals surface area (Å²) in [4.78, 5) is 4.47. The van der Waals surface area contributed by atoms with Gasteiger partial charge in [-0.25, -0.2) is 0 Å². The minimum Gasteiger partial charge on any atom is -0.266 e. The molecule has 0 atom stereocenters. The first-order valence-electron chi connectivity index (χ1n) is 5.26. The van der Waals surface area contributed by atoms with Crippen LogP contribution in [0.1, 0.15) is 48.0 Å². The Morgan fingerprint density at radius 1 is 1.15 bits per heavy atom. The third-order valence-electron chi connectivity index (χ3n) is 2.22. The van der Waals surface area contributed by atoms with Crippen LogP contribution in [0.15, 0.2) is 16.3 Å². The molecule has 0 fully saturated rings. The van der Waals surface area contributed by atoms with E-state index in [1.165, 1.54) is 11.3 Å². The fourth-order valence-electron chi connectivity index (χ4n) is 1.63. The first kappa shape index (κ1) is 12.4. The Kier molecular flexibility index (Phi) is 5.68. The third kappa shape index (κ3) is 3.75. The molecule has 1 heteroatoms. The summed E-state index contributed by atoms with van der Waals surface area (Å²) in [6, 6.07) is 0. The van der Waals surface area contributed by atoms with E-state index in [1.807, 2.05) is 13.1 Å². The summed E-state index contributed by atoms with van der Waals surface area (Å²) in [5.74, 6) is 1.15. The number of rotatable bonds is 4. The van der Waals surface area contributed by atoms with E-state index in [2.05, 4.69) is 39.6 Å². The van der Waals surface area contributed by atoms with E-state index in [4.69, 9.17) is 0 Å². The van der Waals surface area contributed by atoms with E-state index >= 15 is 0 Å². The van der Waals surface area contributed by atoms with Crippen LogP contribution in [-0.2, 0) is 0 Å². The monoisotopic (exact) mass is 181 g/mol. The zero-order valence-electron chi connectivity index (χ0n) is 9.89. The quantitative estimate of drug-likeness (QED) is 0.580. The van der Waals surface area contributed by atoms with Crippen LogP contribution in [0.2, 0.25) is 0 Å². The minimum atomic E-state index is 0.536. The standard InChI is InChI=1S/C12H23N/c1-7-11(9(3)4)12(10(5)6)13-8-2/h8-10H,7H2,1-6H3/b12-11+,13-8-. The van der Waals surface area contributed by atoms with Crippen molar-refractivity contribution >= 4 is 6.21 Å². The van der Waals surface area contributed by atoms with Gasteiger partial charge in [0.1, 0.15) is 0 Å². The minimum absolute atomic E-state index is 0.536. The highest BCUT2D eigenvalue weighted by atomic mass is 14.7. The van der Waals surface area contributed by atoms with Gasteiger partial charge in [0.05, 0.1) is 0 Å². The molecule has 0 saturated heterocycles. The van der Waals surface area contributed by atoms with Gasteiger partial charge in [0, 0.05) is 11.9 Å². The van der Waals surface area contributed by atoms with Crippen LogP contribution in [0.4, 0.5) is 0 Å². The molecule has 0 N–H and O–H groups in total. The Labute approximate surface area is 83.0 Å². The maximum Gasteiger partial charge on any atom is 0.0419 e. The molecule has 0 saturated carbocycles. The molecular weight excluding hydrogens is 158 g/mol. The summed E-state index contributed by atoms with van der Waals surface area (Å²) in [7, 11) is 0. The molecule has 0 radical (unpaired) electrons. The lowest BCUT2D eigenvalue weighted by Gasteiger charge is -2.16. The Bertz CT molecular complexity index is 197. The Hall–Kier alpha value is -0.590. The third-order valence-corrected chi connectivity index (χ3v) is 2.22. The van der Waals surface area contributed by atoms with Gasteiger partial charge in [-0.15, -0.1) is 0 Å². The second kappa shape index (κ2) is 5.95. The molecule has 0 amide bonds. The molecule has 0 aliphatic heterocycles. The highest BCUT2D eigenvalue weighted by Gasteiger charge is 2.10. The lowest BCUT2D eigenvalue weighted by Crippen LogP contribution is -2.02. The normalized spacial score (nSPS) is 14.5. The fraction of sp³-hybridized carbons (Fsp3) is 0.750. The molecule has 1 nitrogen and oxygen atoms in total. The van der Waals surface area contributed by atoms with Crippen LogP contribution in [0.5, 0.6) is 0 Å². The van der Waals surface area contributed by atoms with Crippen LogP contribution in [-0.4, -0.2) is 6.21 Å². The van der Waals surface area contributed by atoms with Crippen molar-refractivity contribution in [2.75, 3.05) is 0 Å². The number of aliphatic imine (C=N–C) groups is 1. The molecule has 0 bridgehead atoms. The molecule has 0 heterocycles. The Balaban J connectivity index is 5.00. The summed E-state index contributed by atoms with van der Waals surface area (Å²) < 4.78 is 0. The van der Waals surface area contributed by atoms with Crippen LogP contribution >= 0.6 is 0 Å². The van der Waals surface area contributed by atoms with E-state index in [9.17, 15) is 0 Å². The van der Waals surface area contributed by atoms with Crippen molar-refractivity contribution in [1.29, 1.82) is 0 Å². The van der Waals surface area contributed by atoms with Crippen molar-refractivity contribution in [3.8, 4) is 0 Å². The van der Waals surface area contributed by atoms with Crippen molar-refractivity contribution in [2.24, 2.45) is 16.8 Å². The van der Waals surface area contributed by atoms with Crippen molar-refractivity contribution in [2.45, 2.75) is 48.0 Å². The first-order chi connectivity index (χ1) is 6.04. The maximum atomic E-state index is 4.47. The van der Waals surface area contributed by atoms with Gasteiger partial charge in [-0.1, -0.05) is 34.6 Å². The van der Waals surface area contributed by atoms with Gasteiger partial charge < -0.3 is 0 Å². The lowest BCUT2D eigenvalue weighted by molar-refractivity contribution is 0.661. The second-order valence-electron chi connectivity index (χ2n) is 3.96. The number of hydrogen-bond acceptors (Lipinski definition) is 1. The summed E-state index contributed by atoms with van der Waals surface area (Å²) in [5.41, 5.74) is 2.77. The molecule has 13 heavy (non-hydrogen) atoms. The molecule has 0 aliphatic rings. The van der Waals surface area contributed by atoms with E-state index in [1.54, 1.807) is 0 Å². The molecule has 0 unspecified atom stereocenters. The molecular formula is C12H23N. The van der Waals surface area contributed by atoms with Gasteiger partial charge in [-0.05, 0) is 30.8 Å². The Morgan fingerprint density at radius 2 is 1.69 bits per heavy atom. The second-order valence-corrected chi connectivity index (χ2v) is 3.96. The smallest absolute Gasteiger partial charge is 0.0419 e. The van der Waals surface area contributed by atoms with Gasteiger partial charge in [0.15, 0.2) is 0 Å². The predicted molar refractivity (Wildman–Crippen MR) is 61.2 cm³/mol. The number of hydrogen-bond donors (Lipinski definition) is 0. The summed E-state index contributed by atoms with van der Waals surface area (Å²) in [5, 5.41) is 0. The van der Waals surface area contributed by atoms with Crippen LogP contribution in [0.3, 0.4) is 0 Å². The van der Waals surface area contributed by atoms with E-state index < -0.39 is 0 Å². The molecule has 0 aromatic carbocycles. The van der Waals surface area contributed by atoms with E-state index in [-0.39, 0.29) is 0 Å². The summed E-state index contributed by atoms with van der Waals surface area (Å²) in [6.07, 6.45) is 3.01. The molecule has 0 aliphatic carbocycles. The Morgan fingerprint density at radius 3 is 1.92 bits per heavy atom. The highest BCUT2D eigenvalue weighted by Crippen LogP contribution is 2.24. The van der Waals surface area contributed by atoms with Crippen LogP contribution in [0.25, 0.3) is 0 Å². The van der Waals surface area contributed by atoms with Gasteiger partial charge in [0.25, 0.3) is 0 Å². The summed E-state index contributed by atoms with van der Waals surface area (Å²) in [6.45, 7) is 13.1. The predicted octanol–water partition coefficient (Wildman–Crippen LogP) is 4.05. The fourth-order valence-corrected chi connectivity index (χ4v) is 1.63. The summed E-state index contributed by atoms with van der Waals surface area (Å²) >= 11 is 0. The average Bonchev–Trinajstić information content (AvgIpc) is 2.03. The van der Waals surface area contributed by atoms with Gasteiger partial charge in [-0.2, -0.15) is 0 Å². The first-order valence-corrected chi connectivity index (χ1v) is 5.26. The zero-order valence-corrected chi connectivity index (χ0v) is 9.89. The zero-order chi connectivity index (χ0) is 10.4. The molecule has 76 valence electrons.